The zero-order chi connectivity index (χ0) is 30.8. The third-order valence-electron chi connectivity index (χ3n) is 9.98. The van der Waals surface area contributed by atoms with Crippen molar-refractivity contribution in [1.82, 2.24) is 14.0 Å². The van der Waals surface area contributed by atoms with E-state index in [1.165, 1.54) is 0 Å². The van der Waals surface area contributed by atoms with Crippen LogP contribution in [0.2, 0.25) is 0 Å². The molecule has 3 aliphatic rings. The number of hydrogen-bond donors (Lipinski definition) is 2. The number of aromatic nitrogens is 2. The van der Waals surface area contributed by atoms with E-state index in [0.717, 1.165) is 54.7 Å². The summed E-state index contributed by atoms with van der Waals surface area (Å²) < 4.78 is 22.0. The zero-order valence-electron chi connectivity index (χ0n) is 24.9. The van der Waals surface area contributed by atoms with Crippen molar-refractivity contribution >= 4 is 55.2 Å². The van der Waals surface area contributed by atoms with Crippen LogP contribution in [0.3, 0.4) is 0 Å². The molecular weight excluding hydrogens is 572 g/mol. The number of para-hydroxylation sites is 2. The quantitative estimate of drug-likeness (QED) is 0.193. The van der Waals surface area contributed by atoms with Gasteiger partial charge in [0, 0.05) is 41.1 Å². The second kappa shape index (κ2) is 8.99. The minimum atomic E-state index is -1.28. The van der Waals surface area contributed by atoms with Crippen LogP contribution in [-0.2, 0) is 23.6 Å². The number of carbonyl (C=O) groups excluding carboxylic acids is 1. The highest BCUT2D eigenvalue weighted by Gasteiger charge is 2.51. The predicted molar refractivity (Wildman–Crippen MR) is 169 cm³/mol. The average molecular weight is 603 g/mol. The Labute approximate surface area is 257 Å². The normalized spacial score (nSPS) is 23.2. The molecule has 226 valence electrons. The Balaban J connectivity index is 1.39. The Morgan fingerprint density at radius 1 is 0.956 bits per heavy atom. The Kier molecular flexibility index (Phi) is 5.27. The minimum absolute atomic E-state index is 0.0431. The summed E-state index contributed by atoms with van der Waals surface area (Å²) in [5.74, 6) is 1.20. The molecule has 5 heterocycles. The summed E-state index contributed by atoms with van der Waals surface area (Å²) in [5, 5.41) is 29.0. The fourth-order valence-electron chi connectivity index (χ4n) is 8.09. The van der Waals surface area contributed by atoms with E-state index in [1.54, 1.807) is 14.2 Å². The number of amides is 1. The van der Waals surface area contributed by atoms with Crippen molar-refractivity contribution in [2.24, 2.45) is 5.16 Å². The number of aliphatic hydroxyl groups is 1. The Hall–Kier alpha value is -5.06. The largest absolute Gasteiger partial charge is 0.493 e. The Morgan fingerprint density at radius 3 is 2.40 bits per heavy atom. The fraction of sp³-hybridized carbons (Fsp3) is 0.257. The van der Waals surface area contributed by atoms with E-state index in [1.807, 2.05) is 66.4 Å². The van der Waals surface area contributed by atoms with Gasteiger partial charge in [0.05, 0.1) is 47.6 Å². The van der Waals surface area contributed by atoms with E-state index in [9.17, 15) is 15.1 Å². The van der Waals surface area contributed by atoms with Crippen LogP contribution in [0.15, 0.2) is 71.9 Å². The van der Waals surface area contributed by atoms with Gasteiger partial charge in [-0.1, -0.05) is 47.6 Å². The standard InChI is InChI=1S/C35H30N4O6/c1-35-33(40)22(36-42)15-27(45-35)38-23-10-6-4-8-19(23)29-30-21(28-20-9-5-7-11-24(20)39(35)32(28)31(29)38)17-37(34(30)41)16-18-12-13-25(43-2)26(14-18)44-3/h4-14,27,33,40,42H,15-17H2,1-3H3/b36-22+/t27-,33-,35+/m1/s1. The van der Waals surface area contributed by atoms with Crippen molar-refractivity contribution in [2.45, 2.75) is 44.5 Å². The van der Waals surface area contributed by atoms with Crippen LogP contribution in [0.1, 0.15) is 41.1 Å². The maximum atomic E-state index is 14.6. The van der Waals surface area contributed by atoms with Crippen molar-refractivity contribution in [3.05, 3.63) is 83.4 Å². The molecule has 3 atom stereocenters. The van der Waals surface area contributed by atoms with E-state index in [4.69, 9.17) is 14.2 Å². The van der Waals surface area contributed by atoms with Gasteiger partial charge in [0.1, 0.15) is 12.3 Å². The molecular formula is C35H30N4O6. The van der Waals surface area contributed by atoms with Gasteiger partial charge in [-0.05, 0) is 42.3 Å². The summed E-state index contributed by atoms with van der Waals surface area (Å²) in [4.78, 5) is 16.5. The van der Waals surface area contributed by atoms with E-state index in [2.05, 4.69) is 26.4 Å². The molecule has 2 N–H and O–H groups in total. The minimum Gasteiger partial charge on any atom is -0.493 e. The lowest BCUT2D eigenvalue weighted by molar-refractivity contribution is -0.204. The van der Waals surface area contributed by atoms with Gasteiger partial charge >= 0.3 is 0 Å². The van der Waals surface area contributed by atoms with Gasteiger partial charge in [-0.15, -0.1) is 0 Å². The summed E-state index contributed by atoms with van der Waals surface area (Å²) in [5.41, 5.74) is 5.09. The van der Waals surface area contributed by atoms with Crippen LogP contribution >= 0.6 is 0 Å². The third-order valence-corrected chi connectivity index (χ3v) is 9.98. The predicted octanol–water partition coefficient (Wildman–Crippen LogP) is 5.87. The number of fused-ring (bicyclic) bond motifs is 13. The summed E-state index contributed by atoms with van der Waals surface area (Å²) in [6.45, 7) is 2.66. The van der Waals surface area contributed by atoms with E-state index < -0.39 is 18.1 Å². The highest BCUT2D eigenvalue weighted by Crippen LogP contribution is 2.53. The van der Waals surface area contributed by atoms with Gasteiger partial charge in [-0.3, -0.25) is 4.79 Å². The van der Waals surface area contributed by atoms with E-state index in [0.29, 0.717) is 30.2 Å². The van der Waals surface area contributed by atoms with Crippen molar-refractivity contribution in [3.8, 4) is 11.5 Å². The maximum Gasteiger partial charge on any atom is 0.255 e. The maximum absolute atomic E-state index is 14.6. The van der Waals surface area contributed by atoms with Crippen molar-refractivity contribution < 1.29 is 29.3 Å². The molecule has 2 bridgehead atoms. The van der Waals surface area contributed by atoms with Crippen LogP contribution in [0.4, 0.5) is 0 Å². The summed E-state index contributed by atoms with van der Waals surface area (Å²) in [6, 6.07) is 21.8. The highest BCUT2D eigenvalue weighted by atomic mass is 16.6. The lowest BCUT2D eigenvalue weighted by Crippen LogP contribution is -2.53. The third kappa shape index (κ3) is 3.20. The molecule has 3 aliphatic heterocycles. The first-order chi connectivity index (χ1) is 21.9. The first-order valence-corrected chi connectivity index (χ1v) is 15.0. The molecule has 10 heteroatoms. The van der Waals surface area contributed by atoms with Crippen molar-refractivity contribution in [1.29, 1.82) is 0 Å². The monoisotopic (exact) mass is 602 g/mol. The fourth-order valence-corrected chi connectivity index (χ4v) is 8.09. The van der Waals surface area contributed by atoms with Crippen LogP contribution in [0, 0.1) is 0 Å². The molecule has 1 amide bonds. The molecule has 6 aromatic rings. The van der Waals surface area contributed by atoms with Gasteiger partial charge in [-0.25, -0.2) is 0 Å². The SMILES string of the molecule is COc1ccc(CN2Cc3c(c4c5ccccc5n5c4c4c3c3ccccc3n4[C@@]3(C)O[C@@H]5C/C(=N\O)[C@H]3O)C2=O)cc1OC. The van der Waals surface area contributed by atoms with Crippen LogP contribution < -0.4 is 9.47 Å². The van der Waals surface area contributed by atoms with Crippen molar-refractivity contribution in [2.75, 3.05) is 14.2 Å². The second-order valence-corrected chi connectivity index (χ2v) is 12.2. The van der Waals surface area contributed by atoms with Gasteiger partial charge < -0.3 is 38.6 Å². The van der Waals surface area contributed by atoms with Crippen LogP contribution in [0.25, 0.3) is 43.6 Å². The summed E-state index contributed by atoms with van der Waals surface area (Å²) in [6.07, 6.45) is -1.58. The molecule has 1 saturated heterocycles. The van der Waals surface area contributed by atoms with Gasteiger partial charge in [0.2, 0.25) is 0 Å². The number of methoxy groups -OCH3 is 2. The van der Waals surface area contributed by atoms with Crippen molar-refractivity contribution in [3.63, 3.8) is 0 Å². The lowest BCUT2D eigenvalue weighted by atomic mass is 9.96. The molecule has 4 aromatic carbocycles. The molecule has 0 unspecified atom stereocenters. The lowest BCUT2D eigenvalue weighted by Gasteiger charge is -2.43. The Morgan fingerprint density at radius 2 is 1.67 bits per heavy atom. The molecule has 45 heavy (non-hydrogen) atoms. The number of carbonyl (C=O) groups is 1. The number of nitrogens with zero attached hydrogens (tertiary/aromatic N) is 4. The first-order valence-electron chi connectivity index (χ1n) is 15.0. The summed E-state index contributed by atoms with van der Waals surface area (Å²) in [7, 11) is 3.21. The van der Waals surface area contributed by atoms with E-state index >= 15 is 0 Å². The van der Waals surface area contributed by atoms with Gasteiger partial charge in [0.15, 0.2) is 17.2 Å². The number of hydrogen-bond acceptors (Lipinski definition) is 7. The number of ether oxygens (including phenoxy) is 3. The molecule has 10 nitrogen and oxygen atoms in total. The molecule has 0 radical (unpaired) electrons. The molecule has 1 fully saturated rings. The molecule has 9 rings (SSSR count). The van der Waals surface area contributed by atoms with Gasteiger partial charge in [0.25, 0.3) is 5.91 Å². The van der Waals surface area contributed by atoms with Gasteiger partial charge in [-0.2, -0.15) is 0 Å². The zero-order valence-corrected chi connectivity index (χ0v) is 24.9. The second-order valence-electron chi connectivity index (χ2n) is 12.2. The average Bonchev–Trinajstić information content (AvgIpc) is 3.68. The molecule has 2 aromatic heterocycles. The molecule has 0 spiro atoms. The number of aliphatic hydroxyl groups excluding tert-OH is 1. The highest BCUT2D eigenvalue weighted by molar-refractivity contribution is 6.31. The smallest absolute Gasteiger partial charge is 0.255 e. The van der Waals surface area contributed by atoms with Crippen LogP contribution in [0.5, 0.6) is 11.5 Å². The number of oxime groups is 1. The van der Waals surface area contributed by atoms with Crippen LogP contribution in [-0.4, -0.2) is 56.3 Å². The molecule has 0 aliphatic carbocycles. The molecule has 0 saturated carbocycles. The Bertz CT molecular complexity index is 2300. The number of rotatable bonds is 4. The first kappa shape index (κ1) is 26.4. The topological polar surface area (TPSA) is 111 Å². The number of benzene rings is 4. The summed E-state index contributed by atoms with van der Waals surface area (Å²) >= 11 is 0. The van der Waals surface area contributed by atoms with E-state index in [-0.39, 0.29) is 18.0 Å².